The van der Waals surface area contributed by atoms with Crippen LogP contribution in [-0.4, -0.2) is 18.2 Å². The molecule has 1 rings (SSSR count). The molecule has 0 aromatic carbocycles. The lowest BCUT2D eigenvalue weighted by molar-refractivity contribution is 0.131. The summed E-state index contributed by atoms with van der Waals surface area (Å²) in [5.41, 5.74) is 1.34. The molecule has 3 nitrogen and oxygen atoms in total. The van der Waals surface area contributed by atoms with Crippen LogP contribution in [0.3, 0.4) is 0 Å². The molecule has 0 aliphatic heterocycles. The summed E-state index contributed by atoms with van der Waals surface area (Å²) in [6, 6.07) is 2.60. The Morgan fingerprint density at radius 2 is 2.20 bits per heavy atom. The topological polar surface area (TPSA) is 26.2 Å². The van der Waals surface area contributed by atoms with Crippen LogP contribution in [-0.2, 0) is 11.5 Å². The normalized spacial score (nSPS) is 13.4. The molecule has 1 heterocycles. The van der Waals surface area contributed by atoms with Gasteiger partial charge in [0.2, 0.25) is 0 Å². The number of ether oxygens (including phenoxy) is 1. The minimum atomic E-state index is 0.438. The van der Waals surface area contributed by atoms with E-state index in [1.54, 1.807) is 7.11 Å². The molecule has 15 heavy (non-hydrogen) atoms. The van der Waals surface area contributed by atoms with Gasteiger partial charge in [-0.2, -0.15) is 0 Å². The lowest BCUT2D eigenvalue weighted by atomic mass is 9.98. The van der Waals surface area contributed by atoms with Crippen LogP contribution in [0.2, 0.25) is 0 Å². The first-order valence-corrected chi connectivity index (χ1v) is 5.57. The van der Waals surface area contributed by atoms with Crippen molar-refractivity contribution in [3.63, 3.8) is 0 Å². The van der Waals surface area contributed by atoms with Crippen LogP contribution in [0.4, 0.5) is 0 Å². The van der Waals surface area contributed by atoms with Gasteiger partial charge in [0, 0.05) is 25.5 Å². The van der Waals surface area contributed by atoms with Crippen LogP contribution in [0, 0.1) is 5.92 Å². The van der Waals surface area contributed by atoms with Gasteiger partial charge in [-0.25, -0.2) is 0 Å². The Hall–Kier alpha value is -0.800. The van der Waals surface area contributed by atoms with E-state index in [9.17, 15) is 0 Å². The van der Waals surface area contributed by atoms with E-state index in [0.717, 1.165) is 6.54 Å². The maximum absolute atomic E-state index is 5.08. The first-order valence-electron chi connectivity index (χ1n) is 5.57. The largest absolute Gasteiger partial charge is 0.364 e. The third-order valence-corrected chi connectivity index (χ3v) is 2.50. The van der Waals surface area contributed by atoms with Crippen molar-refractivity contribution in [2.75, 3.05) is 13.7 Å². The van der Waals surface area contributed by atoms with Gasteiger partial charge in [-0.05, 0) is 24.1 Å². The fourth-order valence-electron chi connectivity index (χ4n) is 1.83. The second kappa shape index (κ2) is 5.93. The molecule has 86 valence electrons. The number of rotatable bonds is 6. The monoisotopic (exact) mass is 210 g/mol. The molecule has 1 atom stereocenters. The molecule has 0 spiro atoms. The van der Waals surface area contributed by atoms with Gasteiger partial charge in [0.1, 0.15) is 6.73 Å². The molecule has 1 aromatic heterocycles. The summed E-state index contributed by atoms with van der Waals surface area (Å²) in [7, 11) is 1.71. The second-order valence-corrected chi connectivity index (χ2v) is 4.16. The van der Waals surface area contributed by atoms with Crippen molar-refractivity contribution in [3.8, 4) is 0 Å². The predicted molar refractivity (Wildman–Crippen MR) is 62.7 cm³/mol. The number of nitrogens with one attached hydrogen (secondary N) is 1. The van der Waals surface area contributed by atoms with Crippen LogP contribution in [0.25, 0.3) is 0 Å². The van der Waals surface area contributed by atoms with Gasteiger partial charge in [0.15, 0.2) is 0 Å². The van der Waals surface area contributed by atoms with Gasteiger partial charge in [-0.1, -0.05) is 20.8 Å². The van der Waals surface area contributed by atoms with E-state index in [1.165, 1.54) is 5.56 Å². The molecule has 0 radical (unpaired) electrons. The third-order valence-electron chi connectivity index (χ3n) is 2.50. The van der Waals surface area contributed by atoms with Crippen molar-refractivity contribution < 1.29 is 4.74 Å². The average molecular weight is 210 g/mol. The number of methoxy groups -OCH3 is 1. The van der Waals surface area contributed by atoms with E-state index in [4.69, 9.17) is 4.74 Å². The number of nitrogens with zero attached hydrogens (tertiary/aromatic N) is 1. The Balaban J connectivity index is 2.72. The summed E-state index contributed by atoms with van der Waals surface area (Å²) in [4.78, 5) is 0. The second-order valence-electron chi connectivity index (χ2n) is 4.16. The van der Waals surface area contributed by atoms with E-state index in [0.29, 0.717) is 18.7 Å². The van der Waals surface area contributed by atoms with Gasteiger partial charge in [0.05, 0.1) is 0 Å². The summed E-state index contributed by atoms with van der Waals surface area (Å²) in [6.07, 6.45) is 4.21. The molecule has 0 amide bonds. The van der Waals surface area contributed by atoms with Crippen LogP contribution >= 0.6 is 0 Å². The molecule has 1 aromatic rings. The van der Waals surface area contributed by atoms with Gasteiger partial charge in [-0.15, -0.1) is 0 Å². The number of aromatic nitrogens is 1. The first kappa shape index (κ1) is 12.3. The van der Waals surface area contributed by atoms with E-state index in [1.807, 2.05) is 0 Å². The molecular weight excluding hydrogens is 188 g/mol. The Labute approximate surface area is 92.4 Å². The molecule has 0 saturated heterocycles. The SMILES string of the molecule is CCNC(c1ccn(COC)c1)C(C)C. The van der Waals surface area contributed by atoms with Crippen LogP contribution in [0.5, 0.6) is 0 Å². The molecule has 0 fully saturated rings. The van der Waals surface area contributed by atoms with Crippen molar-refractivity contribution in [2.24, 2.45) is 5.92 Å². The summed E-state index contributed by atoms with van der Waals surface area (Å²) >= 11 is 0. The molecule has 0 bridgehead atoms. The van der Waals surface area contributed by atoms with Gasteiger partial charge < -0.3 is 14.6 Å². The Morgan fingerprint density at radius 3 is 2.73 bits per heavy atom. The highest BCUT2D eigenvalue weighted by Gasteiger charge is 2.15. The summed E-state index contributed by atoms with van der Waals surface area (Å²) in [5.74, 6) is 0.600. The summed E-state index contributed by atoms with van der Waals surface area (Å²) < 4.78 is 7.14. The fraction of sp³-hybridized carbons (Fsp3) is 0.667. The highest BCUT2D eigenvalue weighted by atomic mass is 16.5. The molecule has 1 unspecified atom stereocenters. The van der Waals surface area contributed by atoms with Crippen molar-refractivity contribution in [1.29, 1.82) is 0 Å². The quantitative estimate of drug-likeness (QED) is 0.780. The van der Waals surface area contributed by atoms with Crippen molar-refractivity contribution in [3.05, 3.63) is 24.0 Å². The van der Waals surface area contributed by atoms with Crippen molar-refractivity contribution in [1.82, 2.24) is 9.88 Å². The van der Waals surface area contributed by atoms with Gasteiger partial charge in [-0.3, -0.25) is 0 Å². The summed E-state index contributed by atoms with van der Waals surface area (Å²) in [6.45, 7) is 8.23. The zero-order chi connectivity index (χ0) is 11.3. The van der Waals surface area contributed by atoms with Crippen LogP contribution in [0.1, 0.15) is 32.4 Å². The fourth-order valence-corrected chi connectivity index (χ4v) is 1.83. The Bertz CT molecular complexity index is 281. The van der Waals surface area contributed by atoms with E-state index >= 15 is 0 Å². The van der Waals surface area contributed by atoms with E-state index in [-0.39, 0.29) is 0 Å². The maximum atomic E-state index is 5.08. The summed E-state index contributed by atoms with van der Waals surface area (Å²) in [5, 5.41) is 3.50. The standard InChI is InChI=1S/C12H22N2O/c1-5-13-12(10(2)3)11-6-7-14(8-11)9-15-4/h6-8,10,12-13H,5,9H2,1-4H3. The van der Waals surface area contributed by atoms with E-state index < -0.39 is 0 Å². The maximum Gasteiger partial charge on any atom is 0.121 e. The first-order chi connectivity index (χ1) is 7.19. The van der Waals surface area contributed by atoms with Crippen LogP contribution in [0.15, 0.2) is 18.5 Å². The van der Waals surface area contributed by atoms with E-state index in [2.05, 4.69) is 49.1 Å². The smallest absolute Gasteiger partial charge is 0.121 e. The van der Waals surface area contributed by atoms with Gasteiger partial charge >= 0.3 is 0 Å². The highest BCUT2D eigenvalue weighted by Crippen LogP contribution is 2.21. The zero-order valence-corrected chi connectivity index (χ0v) is 10.2. The van der Waals surface area contributed by atoms with Gasteiger partial charge in [0.25, 0.3) is 0 Å². The molecule has 0 saturated carbocycles. The van der Waals surface area contributed by atoms with Crippen LogP contribution < -0.4 is 5.32 Å². The van der Waals surface area contributed by atoms with Crippen molar-refractivity contribution >= 4 is 0 Å². The average Bonchev–Trinajstić information content (AvgIpc) is 2.62. The third kappa shape index (κ3) is 3.36. The molecule has 3 heteroatoms. The minimum absolute atomic E-state index is 0.438. The molecule has 1 N–H and O–H groups in total. The Kier molecular flexibility index (Phi) is 4.85. The number of hydrogen-bond acceptors (Lipinski definition) is 2. The van der Waals surface area contributed by atoms with Crippen molar-refractivity contribution in [2.45, 2.75) is 33.5 Å². The predicted octanol–water partition coefficient (Wildman–Crippen LogP) is 2.40. The Morgan fingerprint density at radius 1 is 1.47 bits per heavy atom. The molecule has 0 aliphatic rings. The molecular formula is C12H22N2O. The lowest BCUT2D eigenvalue weighted by Crippen LogP contribution is -2.25. The zero-order valence-electron chi connectivity index (χ0n) is 10.2. The number of hydrogen-bond donors (Lipinski definition) is 1. The lowest BCUT2D eigenvalue weighted by Gasteiger charge is -2.20. The highest BCUT2D eigenvalue weighted by molar-refractivity contribution is 5.16. The minimum Gasteiger partial charge on any atom is -0.364 e. The molecule has 0 aliphatic carbocycles.